The van der Waals surface area contributed by atoms with E-state index >= 15 is 0 Å². The van der Waals surface area contributed by atoms with Crippen LogP contribution in [-0.4, -0.2) is 23.8 Å². The monoisotopic (exact) mass is 403 g/mol. The zero-order valence-corrected chi connectivity index (χ0v) is 15.0. The van der Waals surface area contributed by atoms with Crippen molar-refractivity contribution in [1.29, 1.82) is 0 Å². The van der Waals surface area contributed by atoms with Crippen LogP contribution >= 0.6 is 22.9 Å². The van der Waals surface area contributed by atoms with Gasteiger partial charge in [0.2, 0.25) is 6.79 Å². The minimum atomic E-state index is -0.562. The maximum atomic E-state index is 12.4. The Labute approximate surface area is 161 Å². The second-order valence-electron chi connectivity index (χ2n) is 5.46. The van der Waals surface area contributed by atoms with E-state index in [1.54, 1.807) is 0 Å². The topological polar surface area (TPSA) is 103 Å². The van der Waals surface area contributed by atoms with E-state index in [1.807, 2.05) is 24.3 Å². The van der Waals surface area contributed by atoms with Crippen LogP contribution < -0.4 is 14.9 Å². The summed E-state index contributed by atoms with van der Waals surface area (Å²) in [4.78, 5) is 23.3. The number of rotatable bonds is 4. The van der Waals surface area contributed by atoms with Crippen molar-refractivity contribution in [1.82, 2.24) is 5.43 Å². The molecule has 0 aliphatic carbocycles. The SMILES string of the molecule is O=C(NN=Cc1cc2c(cc1[N+](=O)[O-])OCO2)c1sc2ccccc2c1Cl. The summed E-state index contributed by atoms with van der Waals surface area (Å²) in [5.74, 6) is 0.168. The summed E-state index contributed by atoms with van der Waals surface area (Å²) >= 11 is 7.50. The fraction of sp³-hybridized carbons (Fsp3) is 0.0588. The predicted octanol–water partition coefficient (Wildman–Crippen LogP) is 3.96. The molecule has 4 rings (SSSR count). The highest BCUT2D eigenvalue weighted by molar-refractivity contribution is 7.21. The van der Waals surface area contributed by atoms with E-state index in [-0.39, 0.29) is 18.0 Å². The molecule has 1 aromatic heterocycles. The molecule has 0 fully saturated rings. The number of carbonyl (C=O) groups excluding carboxylic acids is 1. The Bertz CT molecular complexity index is 1110. The smallest absolute Gasteiger partial charge is 0.283 e. The lowest BCUT2D eigenvalue weighted by Gasteiger charge is -2.01. The number of hydrazone groups is 1. The summed E-state index contributed by atoms with van der Waals surface area (Å²) in [6.07, 6.45) is 1.18. The van der Waals surface area contributed by atoms with Crippen LogP contribution in [-0.2, 0) is 0 Å². The Hall–Kier alpha value is -3.17. The van der Waals surface area contributed by atoms with Crippen LogP contribution in [0.25, 0.3) is 10.1 Å². The molecule has 1 N–H and O–H groups in total. The molecule has 0 spiro atoms. The van der Waals surface area contributed by atoms with Gasteiger partial charge in [0.15, 0.2) is 11.5 Å². The molecule has 0 saturated heterocycles. The van der Waals surface area contributed by atoms with Gasteiger partial charge in [-0.05, 0) is 12.1 Å². The van der Waals surface area contributed by atoms with Crippen LogP contribution in [0.3, 0.4) is 0 Å². The maximum Gasteiger partial charge on any atom is 0.283 e. The molecule has 2 heterocycles. The third-order valence-corrected chi connectivity index (χ3v) is 5.50. The normalized spacial score (nSPS) is 12.6. The fourth-order valence-electron chi connectivity index (χ4n) is 2.58. The second-order valence-corrected chi connectivity index (χ2v) is 6.89. The molecule has 10 heteroatoms. The lowest BCUT2D eigenvalue weighted by molar-refractivity contribution is -0.385. The number of amides is 1. The molecule has 0 unspecified atom stereocenters. The van der Waals surface area contributed by atoms with Crippen LogP contribution in [0.1, 0.15) is 15.2 Å². The van der Waals surface area contributed by atoms with Crippen LogP contribution in [0.2, 0.25) is 5.02 Å². The first-order valence-corrected chi connectivity index (χ1v) is 8.82. The van der Waals surface area contributed by atoms with Crippen molar-refractivity contribution in [2.24, 2.45) is 5.10 Å². The van der Waals surface area contributed by atoms with Crippen molar-refractivity contribution >= 4 is 50.8 Å². The molecule has 0 radical (unpaired) electrons. The number of nitrogens with one attached hydrogen (secondary N) is 1. The Kier molecular flexibility index (Phi) is 4.38. The van der Waals surface area contributed by atoms with E-state index < -0.39 is 10.8 Å². The highest BCUT2D eigenvalue weighted by atomic mass is 35.5. The van der Waals surface area contributed by atoms with Gasteiger partial charge >= 0.3 is 0 Å². The second kappa shape index (κ2) is 6.86. The number of hydrogen-bond acceptors (Lipinski definition) is 7. The number of fused-ring (bicyclic) bond motifs is 2. The van der Waals surface area contributed by atoms with E-state index in [0.29, 0.717) is 21.4 Å². The van der Waals surface area contributed by atoms with E-state index in [9.17, 15) is 14.9 Å². The summed E-state index contributed by atoms with van der Waals surface area (Å²) in [7, 11) is 0. The number of halogens is 1. The highest BCUT2D eigenvalue weighted by Gasteiger charge is 2.22. The minimum absolute atomic E-state index is 0.00570. The molecule has 0 atom stereocenters. The lowest BCUT2D eigenvalue weighted by atomic mass is 10.1. The number of nitrogens with zero attached hydrogens (tertiary/aromatic N) is 2. The fourth-order valence-corrected chi connectivity index (χ4v) is 3.99. The molecular formula is C17H10ClN3O5S. The third kappa shape index (κ3) is 3.18. The van der Waals surface area contributed by atoms with Crippen molar-refractivity contribution in [3.8, 4) is 11.5 Å². The minimum Gasteiger partial charge on any atom is -0.454 e. The highest BCUT2D eigenvalue weighted by Crippen LogP contribution is 2.37. The van der Waals surface area contributed by atoms with Gasteiger partial charge in [0.1, 0.15) is 4.88 Å². The van der Waals surface area contributed by atoms with Crippen molar-refractivity contribution in [2.75, 3.05) is 6.79 Å². The molecule has 1 aliphatic heterocycles. The molecular weight excluding hydrogens is 394 g/mol. The number of ether oxygens (including phenoxy) is 2. The molecule has 2 aromatic carbocycles. The van der Waals surface area contributed by atoms with Gasteiger partial charge in [-0.3, -0.25) is 14.9 Å². The standard InChI is InChI=1S/C17H10ClN3O5S/c18-15-10-3-1-2-4-14(10)27-16(15)17(22)20-19-7-9-5-12-13(26-8-25-12)6-11(9)21(23)24/h1-7H,8H2,(H,20,22). The van der Waals surface area contributed by atoms with Crippen LogP contribution in [0, 0.1) is 10.1 Å². The molecule has 8 nitrogen and oxygen atoms in total. The Balaban J connectivity index is 1.58. The van der Waals surface area contributed by atoms with Crippen LogP contribution in [0.5, 0.6) is 11.5 Å². The number of carbonyl (C=O) groups is 1. The maximum absolute atomic E-state index is 12.4. The number of thiophene rings is 1. The van der Waals surface area contributed by atoms with E-state index in [2.05, 4.69) is 10.5 Å². The molecule has 27 heavy (non-hydrogen) atoms. The van der Waals surface area contributed by atoms with Gasteiger partial charge in [0.25, 0.3) is 11.6 Å². The molecule has 0 bridgehead atoms. The largest absolute Gasteiger partial charge is 0.454 e. The lowest BCUT2D eigenvalue weighted by Crippen LogP contribution is -2.16. The molecule has 0 saturated carbocycles. The quantitative estimate of drug-likeness (QED) is 0.403. The Morgan fingerprint density at radius 1 is 1.30 bits per heavy atom. The van der Waals surface area contributed by atoms with Gasteiger partial charge in [0.05, 0.1) is 27.8 Å². The van der Waals surface area contributed by atoms with Crippen LogP contribution in [0.4, 0.5) is 5.69 Å². The number of nitro benzene ring substituents is 1. The Morgan fingerprint density at radius 2 is 2.04 bits per heavy atom. The zero-order chi connectivity index (χ0) is 19.0. The average Bonchev–Trinajstić information content (AvgIpc) is 3.25. The summed E-state index contributed by atoms with van der Waals surface area (Å²) in [5.41, 5.74) is 2.31. The number of hydrogen-bond donors (Lipinski definition) is 1. The molecule has 1 amide bonds. The first kappa shape index (κ1) is 17.3. The van der Waals surface area contributed by atoms with Gasteiger partial charge in [-0.1, -0.05) is 29.8 Å². The molecule has 3 aromatic rings. The van der Waals surface area contributed by atoms with Crippen molar-refractivity contribution in [3.05, 3.63) is 62.0 Å². The zero-order valence-electron chi connectivity index (χ0n) is 13.5. The van der Waals surface area contributed by atoms with Crippen molar-refractivity contribution < 1.29 is 19.2 Å². The molecule has 1 aliphatic rings. The third-order valence-electron chi connectivity index (χ3n) is 3.83. The summed E-state index contributed by atoms with van der Waals surface area (Å²) in [5, 5.41) is 16.2. The number of benzene rings is 2. The van der Waals surface area contributed by atoms with Gasteiger partial charge in [-0.15, -0.1) is 11.3 Å². The van der Waals surface area contributed by atoms with Gasteiger partial charge in [-0.25, -0.2) is 5.43 Å². The predicted molar refractivity (Wildman–Crippen MR) is 101 cm³/mol. The summed E-state index contributed by atoms with van der Waals surface area (Å²) in [6.45, 7) is -0.00570. The summed E-state index contributed by atoms with van der Waals surface area (Å²) < 4.78 is 11.2. The van der Waals surface area contributed by atoms with Gasteiger partial charge < -0.3 is 9.47 Å². The van der Waals surface area contributed by atoms with Crippen LogP contribution in [0.15, 0.2) is 41.5 Å². The van der Waals surface area contributed by atoms with Crippen molar-refractivity contribution in [3.63, 3.8) is 0 Å². The Morgan fingerprint density at radius 3 is 2.78 bits per heavy atom. The van der Waals surface area contributed by atoms with E-state index in [0.717, 1.165) is 10.1 Å². The first-order chi connectivity index (χ1) is 13.0. The number of nitro groups is 1. The summed E-state index contributed by atoms with van der Waals surface area (Å²) in [6, 6.07) is 10.1. The van der Waals surface area contributed by atoms with Gasteiger partial charge in [0, 0.05) is 10.1 Å². The van der Waals surface area contributed by atoms with Gasteiger partial charge in [-0.2, -0.15) is 5.10 Å². The van der Waals surface area contributed by atoms with E-state index in [4.69, 9.17) is 21.1 Å². The average molecular weight is 404 g/mol. The first-order valence-electron chi connectivity index (χ1n) is 7.63. The molecule has 136 valence electrons. The van der Waals surface area contributed by atoms with Crippen molar-refractivity contribution in [2.45, 2.75) is 0 Å². The van der Waals surface area contributed by atoms with E-state index in [1.165, 1.54) is 29.7 Å².